The van der Waals surface area contributed by atoms with Crippen molar-refractivity contribution in [1.82, 2.24) is 24.8 Å². The maximum Gasteiger partial charge on any atom is 0.417 e. The van der Waals surface area contributed by atoms with Crippen LogP contribution >= 0.6 is 0 Å². The molecule has 3 aromatic heterocycles. The summed E-state index contributed by atoms with van der Waals surface area (Å²) in [6, 6.07) is 2.91. The molecule has 2 aliphatic rings. The molecule has 1 aliphatic heterocycles. The zero-order valence-corrected chi connectivity index (χ0v) is 17.9. The normalized spacial score (nSPS) is 19.7. The Balaban J connectivity index is 1.46. The second-order valence-corrected chi connectivity index (χ2v) is 8.70. The van der Waals surface area contributed by atoms with Crippen molar-refractivity contribution in [2.24, 2.45) is 7.05 Å². The van der Waals surface area contributed by atoms with Gasteiger partial charge in [0.15, 0.2) is 0 Å². The average molecular weight is 447 g/mol. The molecular weight excluding hydrogens is 423 g/mol. The maximum absolute atomic E-state index is 13.8. The molecule has 3 aromatic rings. The molecule has 7 nitrogen and oxygen atoms in total. The van der Waals surface area contributed by atoms with E-state index in [0.29, 0.717) is 43.1 Å². The first-order chi connectivity index (χ1) is 15.3. The van der Waals surface area contributed by atoms with Crippen LogP contribution < -0.4 is 0 Å². The van der Waals surface area contributed by atoms with Crippen LogP contribution in [-0.2, 0) is 19.6 Å². The fourth-order valence-corrected chi connectivity index (χ4v) is 4.52. The lowest BCUT2D eigenvalue weighted by atomic mass is 9.91. The fraction of sp³-hybridized carbons (Fsp3) is 0.545. The number of aromatic nitrogens is 4. The highest BCUT2D eigenvalue weighted by Crippen LogP contribution is 2.41. The lowest BCUT2D eigenvalue weighted by molar-refractivity contribution is -0.136. The average Bonchev–Trinajstić information content (AvgIpc) is 3.42. The lowest BCUT2D eigenvalue weighted by Gasteiger charge is -2.32. The number of amides is 1. The second-order valence-electron chi connectivity index (χ2n) is 8.70. The zero-order valence-electron chi connectivity index (χ0n) is 17.9. The van der Waals surface area contributed by atoms with Crippen molar-refractivity contribution >= 4 is 17.0 Å². The van der Waals surface area contributed by atoms with Crippen molar-refractivity contribution in [3.63, 3.8) is 0 Å². The van der Waals surface area contributed by atoms with Crippen molar-refractivity contribution < 1.29 is 22.5 Å². The Labute approximate surface area is 182 Å². The Morgan fingerprint density at radius 2 is 2.00 bits per heavy atom. The fourth-order valence-electron chi connectivity index (χ4n) is 4.52. The molecule has 0 radical (unpaired) electrons. The van der Waals surface area contributed by atoms with Gasteiger partial charge in [0.05, 0.1) is 22.3 Å². The van der Waals surface area contributed by atoms with Gasteiger partial charge in [-0.05, 0) is 44.2 Å². The summed E-state index contributed by atoms with van der Waals surface area (Å²) >= 11 is 0. The summed E-state index contributed by atoms with van der Waals surface area (Å²) in [4.78, 5) is 19.1. The molecule has 0 spiro atoms. The van der Waals surface area contributed by atoms with Gasteiger partial charge in [0.25, 0.3) is 11.6 Å². The van der Waals surface area contributed by atoms with E-state index in [9.17, 15) is 18.0 Å². The molecule has 0 unspecified atom stereocenters. The number of nitrogens with zero attached hydrogens (tertiary/aromatic N) is 5. The van der Waals surface area contributed by atoms with Crippen LogP contribution in [0.2, 0.25) is 0 Å². The van der Waals surface area contributed by atoms with Crippen LogP contribution in [0.3, 0.4) is 0 Å². The summed E-state index contributed by atoms with van der Waals surface area (Å²) in [7, 11) is 1.75. The van der Waals surface area contributed by atoms with E-state index in [4.69, 9.17) is 4.52 Å². The number of carbonyl (C=O) groups is 1. The monoisotopic (exact) mass is 447 g/mol. The van der Waals surface area contributed by atoms with Crippen molar-refractivity contribution in [2.75, 3.05) is 13.1 Å². The topological polar surface area (TPSA) is 77.0 Å². The van der Waals surface area contributed by atoms with Crippen LogP contribution in [0.5, 0.6) is 0 Å². The predicted octanol–water partition coefficient (Wildman–Crippen LogP) is 4.43. The number of halogens is 3. The number of hydrogen-bond acceptors (Lipinski definition) is 5. The van der Waals surface area contributed by atoms with Gasteiger partial charge in [0, 0.05) is 37.7 Å². The predicted molar refractivity (Wildman–Crippen MR) is 109 cm³/mol. The van der Waals surface area contributed by atoms with E-state index in [1.54, 1.807) is 23.6 Å². The number of likely N-dealkylation sites (tertiary alicyclic amines) is 1. The lowest BCUT2D eigenvalue weighted by Crippen LogP contribution is -2.40. The first-order valence-corrected chi connectivity index (χ1v) is 11.0. The molecule has 1 aliphatic carbocycles. The van der Waals surface area contributed by atoms with Crippen molar-refractivity contribution in [1.29, 1.82) is 0 Å². The SMILES string of the molecule is CCc1cc(C(F)(F)F)c2c([C@H]3CCCN(C(=O)c4cc(C5CC5)nn4C)C3)noc2n1. The molecule has 2 fully saturated rings. The molecular formula is C22H24F3N5O2. The van der Waals surface area contributed by atoms with Crippen molar-refractivity contribution in [3.8, 4) is 0 Å². The molecule has 0 bridgehead atoms. The molecule has 5 rings (SSSR count). The molecule has 32 heavy (non-hydrogen) atoms. The Kier molecular flexibility index (Phi) is 4.98. The quantitative estimate of drug-likeness (QED) is 0.591. The van der Waals surface area contributed by atoms with E-state index in [-0.39, 0.29) is 35.2 Å². The zero-order chi connectivity index (χ0) is 22.6. The van der Waals surface area contributed by atoms with Crippen molar-refractivity contribution in [2.45, 2.75) is 57.0 Å². The van der Waals surface area contributed by atoms with Gasteiger partial charge in [0.1, 0.15) is 5.69 Å². The number of carbonyl (C=O) groups excluding carboxylic acids is 1. The molecule has 10 heteroatoms. The first-order valence-electron chi connectivity index (χ1n) is 11.0. The highest BCUT2D eigenvalue weighted by Gasteiger charge is 2.38. The Morgan fingerprint density at radius 1 is 1.22 bits per heavy atom. The minimum absolute atomic E-state index is 0.0921. The number of piperidine rings is 1. The third kappa shape index (κ3) is 3.65. The Bertz CT molecular complexity index is 1180. The standard InChI is InChI=1S/C22H24F3N5O2/c1-3-14-9-15(22(23,24)25)18-19(28-32-20(18)26-14)13-5-4-8-30(11-13)21(31)17-10-16(12-6-7-12)27-29(17)2/h9-10,12-13H,3-8,11H2,1-2H3/t13-/m0/s1. The van der Waals surface area contributed by atoms with Crippen LogP contribution in [-0.4, -0.2) is 43.8 Å². The number of hydrogen-bond donors (Lipinski definition) is 0. The summed E-state index contributed by atoms with van der Waals surface area (Å²) in [5.41, 5.74) is 1.08. The van der Waals surface area contributed by atoms with Gasteiger partial charge in [-0.15, -0.1) is 0 Å². The van der Waals surface area contributed by atoms with Crippen LogP contribution in [0.15, 0.2) is 16.7 Å². The van der Waals surface area contributed by atoms with E-state index in [1.807, 2.05) is 6.07 Å². The molecule has 0 N–H and O–H groups in total. The van der Waals surface area contributed by atoms with Gasteiger partial charge >= 0.3 is 6.18 Å². The van der Waals surface area contributed by atoms with E-state index in [0.717, 1.165) is 24.6 Å². The van der Waals surface area contributed by atoms with Gasteiger partial charge in [-0.3, -0.25) is 9.48 Å². The summed E-state index contributed by atoms with van der Waals surface area (Å²) in [5, 5.41) is 8.36. The molecule has 1 amide bonds. The minimum atomic E-state index is -4.55. The molecule has 1 atom stereocenters. The highest BCUT2D eigenvalue weighted by molar-refractivity contribution is 5.93. The third-order valence-electron chi connectivity index (χ3n) is 6.40. The van der Waals surface area contributed by atoms with E-state index < -0.39 is 11.7 Å². The second kappa shape index (κ2) is 7.60. The number of pyridine rings is 1. The van der Waals surface area contributed by atoms with Crippen molar-refractivity contribution in [3.05, 3.63) is 40.5 Å². The van der Waals surface area contributed by atoms with Crippen LogP contribution in [0.1, 0.15) is 77.6 Å². The maximum atomic E-state index is 13.8. The minimum Gasteiger partial charge on any atom is -0.337 e. The largest absolute Gasteiger partial charge is 0.417 e. The molecule has 170 valence electrons. The Hall–Kier alpha value is -2.91. The summed E-state index contributed by atoms with van der Waals surface area (Å²) in [5.74, 6) is -0.0908. The van der Waals surface area contributed by atoms with Gasteiger partial charge in [-0.25, -0.2) is 4.98 Å². The third-order valence-corrected chi connectivity index (χ3v) is 6.40. The smallest absolute Gasteiger partial charge is 0.337 e. The number of alkyl halides is 3. The highest BCUT2D eigenvalue weighted by atomic mass is 19.4. The first kappa shape index (κ1) is 21.0. The van der Waals surface area contributed by atoms with Gasteiger partial charge in [-0.2, -0.15) is 18.3 Å². The molecule has 0 aromatic carbocycles. The number of rotatable bonds is 4. The number of fused-ring (bicyclic) bond motifs is 1. The van der Waals surface area contributed by atoms with Gasteiger partial charge < -0.3 is 9.42 Å². The molecule has 1 saturated heterocycles. The molecule has 4 heterocycles. The van der Waals surface area contributed by atoms with E-state index in [1.165, 1.54) is 0 Å². The summed E-state index contributed by atoms with van der Waals surface area (Å²) < 4.78 is 48.3. The van der Waals surface area contributed by atoms with Crippen LogP contribution in [0, 0.1) is 0 Å². The Morgan fingerprint density at radius 3 is 2.69 bits per heavy atom. The summed E-state index contributed by atoms with van der Waals surface area (Å²) in [6.45, 7) is 2.56. The van der Waals surface area contributed by atoms with Gasteiger partial charge in [-0.1, -0.05) is 12.1 Å². The number of aryl methyl sites for hydroxylation is 2. The molecule has 1 saturated carbocycles. The van der Waals surface area contributed by atoms with Crippen LogP contribution in [0.25, 0.3) is 11.1 Å². The summed E-state index contributed by atoms with van der Waals surface area (Å²) in [6.07, 6.45) is -0.731. The van der Waals surface area contributed by atoms with E-state index >= 15 is 0 Å². The van der Waals surface area contributed by atoms with Crippen LogP contribution in [0.4, 0.5) is 13.2 Å². The van der Waals surface area contributed by atoms with E-state index in [2.05, 4.69) is 15.2 Å². The van der Waals surface area contributed by atoms with Gasteiger partial charge in [0.2, 0.25) is 0 Å².